The summed E-state index contributed by atoms with van der Waals surface area (Å²) in [5, 5.41) is 4.66. The summed E-state index contributed by atoms with van der Waals surface area (Å²) in [7, 11) is 0. The van der Waals surface area contributed by atoms with Crippen LogP contribution in [-0.2, 0) is 13.0 Å². The van der Waals surface area contributed by atoms with Gasteiger partial charge in [0.25, 0.3) is 0 Å². The van der Waals surface area contributed by atoms with E-state index in [1.54, 1.807) is 0 Å². The van der Waals surface area contributed by atoms with Crippen molar-refractivity contribution in [1.82, 2.24) is 24.5 Å². The van der Waals surface area contributed by atoms with Gasteiger partial charge in [0.05, 0.1) is 11.4 Å². The Morgan fingerprint density at radius 1 is 1.26 bits per heavy atom. The zero-order chi connectivity index (χ0) is 15.4. The molecule has 0 N–H and O–H groups in total. The lowest BCUT2D eigenvalue weighted by Crippen LogP contribution is -2.38. The second-order valence-corrected chi connectivity index (χ2v) is 6.70. The lowest BCUT2D eigenvalue weighted by atomic mass is 9.98. The summed E-state index contributed by atoms with van der Waals surface area (Å²) in [6, 6.07) is 7.31. The summed E-state index contributed by atoms with van der Waals surface area (Å²) in [4.78, 5) is 11.5. The topological polar surface area (TPSA) is 46.3 Å². The molecule has 0 amide bonds. The minimum atomic E-state index is 0.463. The van der Waals surface area contributed by atoms with Crippen molar-refractivity contribution in [2.24, 2.45) is 0 Å². The molecule has 5 heterocycles. The Kier molecular flexibility index (Phi) is 2.79. The number of aryl methyl sites for hydroxylation is 1. The van der Waals surface area contributed by atoms with Gasteiger partial charge >= 0.3 is 0 Å². The lowest BCUT2D eigenvalue weighted by Gasteiger charge is -2.36. The quantitative estimate of drug-likeness (QED) is 0.730. The van der Waals surface area contributed by atoms with E-state index < -0.39 is 0 Å². The number of pyridine rings is 1. The number of hydrogen-bond donors (Lipinski definition) is 0. The van der Waals surface area contributed by atoms with Gasteiger partial charge in [-0.25, -0.2) is 9.50 Å². The lowest BCUT2D eigenvalue weighted by molar-refractivity contribution is 0.165. The van der Waals surface area contributed by atoms with E-state index in [-0.39, 0.29) is 0 Å². The molecule has 5 nitrogen and oxygen atoms in total. The van der Waals surface area contributed by atoms with Crippen LogP contribution in [0, 0.1) is 6.92 Å². The van der Waals surface area contributed by atoms with Gasteiger partial charge in [-0.3, -0.25) is 9.88 Å². The van der Waals surface area contributed by atoms with Crippen molar-refractivity contribution in [3.05, 3.63) is 59.3 Å². The minimum Gasteiger partial charge on any atom is -0.289 e. The third-order valence-corrected chi connectivity index (χ3v) is 5.26. The van der Waals surface area contributed by atoms with Crippen molar-refractivity contribution in [2.75, 3.05) is 0 Å². The van der Waals surface area contributed by atoms with Crippen molar-refractivity contribution >= 4 is 5.65 Å². The Labute approximate surface area is 135 Å². The third kappa shape index (κ3) is 2.00. The monoisotopic (exact) mass is 305 g/mol. The van der Waals surface area contributed by atoms with Crippen LogP contribution in [0.5, 0.6) is 0 Å². The number of nitrogens with zero attached hydrogens (tertiary/aromatic N) is 5. The summed E-state index contributed by atoms with van der Waals surface area (Å²) in [6.45, 7) is 3.01. The molecule has 5 rings (SSSR count). The smallest absolute Gasteiger partial charge is 0.155 e. The zero-order valence-electron chi connectivity index (χ0n) is 13.2. The van der Waals surface area contributed by atoms with E-state index in [9.17, 15) is 0 Å². The Hall–Kier alpha value is -2.27. The predicted molar refractivity (Wildman–Crippen MR) is 87.0 cm³/mol. The van der Waals surface area contributed by atoms with Crippen LogP contribution in [0.2, 0.25) is 0 Å². The first-order chi connectivity index (χ1) is 11.3. The first-order valence-corrected chi connectivity index (χ1v) is 8.28. The van der Waals surface area contributed by atoms with E-state index >= 15 is 0 Å². The molecule has 5 heteroatoms. The van der Waals surface area contributed by atoms with Gasteiger partial charge in [0, 0.05) is 55.3 Å². The van der Waals surface area contributed by atoms with Crippen molar-refractivity contribution < 1.29 is 0 Å². The maximum atomic E-state index is 4.66. The highest BCUT2D eigenvalue weighted by Crippen LogP contribution is 2.44. The Morgan fingerprint density at radius 3 is 3.09 bits per heavy atom. The van der Waals surface area contributed by atoms with E-state index in [4.69, 9.17) is 0 Å². The van der Waals surface area contributed by atoms with Crippen LogP contribution in [0.1, 0.15) is 41.4 Å². The molecule has 0 unspecified atom stereocenters. The molecule has 2 aliphatic heterocycles. The number of aromatic nitrogens is 4. The second-order valence-electron chi connectivity index (χ2n) is 6.70. The SMILES string of the molecule is Cc1cc2ncc3c(n2n1)C[C@@H]1CC[C@@H]3N1Cc1cccnc1. The second kappa shape index (κ2) is 4.86. The Balaban J connectivity index is 1.56. The van der Waals surface area contributed by atoms with Gasteiger partial charge in [0.1, 0.15) is 0 Å². The molecule has 3 aromatic rings. The van der Waals surface area contributed by atoms with Crippen LogP contribution in [0.4, 0.5) is 0 Å². The summed E-state index contributed by atoms with van der Waals surface area (Å²) < 4.78 is 2.07. The fourth-order valence-corrected chi connectivity index (χ4v) is 4.25. The standard InChI is InChI=1S/C18H19N5/c1-12-7-18-20-10-15-16-5-4-14(8-17(15)23(18)21-12)22(16)11-13-3-2-6-19-9-13/h2-3,6-7,9-10,14,16H,4-5,8,11H2,1H3/t14-,16-/m0/s1. The molecule has 23 heavy (non-hydrogen) atoms. The molecule has 1 saturated heterocycles. The molecule has 3 aromatic heterocycles. The van der Waals surface area contributed by atoms with E-state index in [2.05, 4.69) is 42.8 Å². The molecular formula is C18H19N5. The van der Waals surface area contributed by atoms with Crippen LogP contribution in [0.25, 0.3) is 5.65 Å². The van der Waals surface area contributed by atoms with Gasteiger partial charge in [-0.15, -0.1) is 0 Å². The van der Waals surface area contributed by atoms with E-state index in [0.717, 1.165) is 24.3 Å². The van der Waals surface area contributed by atoms with Gasteiger partial charge in [-0.2, -0.15) is 5.10 Å². The van der Waals surface area contributed by atoms with Crippen LogP contribution in [-0.4, -0.2) is 30.5 Å². The third-order valence-electron chi connectivity index (χ3n) is 5.26. The van der Waals surface area contributed by atoms with Gasteiger partial charge in [-0.1, -0.05) is 6.07 Å². The highest BCUT2D eigenvalue weighted by Gasteiger charge is 2.41. The van der Waals surface area contributed by atoms with Gasteiger partial charge in [0.2, 0.25) is 0 Å². The van der Waals surface area contributed by atoms with Gasteiger partial charge in [-0.05, 0) is 31.4 Å². The zero-order valence-corrected chi connectivity index (χ0v) is 13.2. The molecule has 0 aromatic carbocycles. The molecule has 0 spiro atoms. The maximum Gasteiger partial charge on any atom is 0.155 e. The van der Waals surface area contributed by atoms with Gasteiger partial charge < -0.3 is 0 Å². The van der Waals surface area contributed by atoms with Crippen LogP contribution >= 0.6 is 0 Å². The molecular weight excluding hydrogens is 286 g/mol. The van der Waals surface area contributed by atoms with Gasteiger partial charge in [0.15, 0.2) is 5.65 Å². The summed E-state index contributed by atoms with van der Waals surface area (Å²) >= 11 is 0. The number of fused-ring (bicyclic) bond motifs is 6. The van der Waals surface area contributed by atoms with Crippen LogP contribution < -0.4 is 0 Å². The van der Waals surface area contributed by atoms with Crippen molar-refractivity contribution in [3.8, 4) is 0 Å². The van der Waals surface area contributed by atoms with Crippen molar-refractivity contribution in [1.29, 1.82) is 0 Å². The number of rotatable bonds is 2. The molecule has 2 atom stereocenters. The van der Waals surface area contributed by atoms with E-state index in [0.29, 0.717) is 12.1 Å². The van der Waals surface area contributed by atoms with E-state index in [1.165, 1.54) is 29.7 Å². The fraction of sp³-hybridized carbons (Fsp3) is 0.389. The molecule has 0 saturated carbocycles. The maximum absolute atomic E-state index is 4.66. The predicted octanol–water partition coefficient (Wildman–Crippen LogP) is 2.69. The molecule has 116 valence electrons. The minimum absolute atomic E-state index is 0.463. The molecule has 0 radical (unpaired) electrons. The average Bonchev–Trinajstić information content (AvgIpc) is 3.07. The first-order valence-electron chi connectivity index (χ1n) is 8.28. The Bertz CT molecular complexity index is 870. The van der Waals surface area contributed by atoms with Crippen LogP contribution in [0.3, 0.4) is 0 Å². The summed E-state index contributed by atoms with van der Waals surface area (Å²) in [6.07, 6.45) is 9.42. The number of hydrogen-bond acceptors (Lipinski definition) is 4. The average molecular weight is 305 g/mol. The van der Waals surface area contributed by atoms with Crippen LogP contribution in [0.15, 0.2) is 36.8 Å². The summed E-state index contributed by atoms with van der Waals surface area (Å²) in [5.74, 6) is 0. The highest BCUT2D eigenvalue weighted by molar-refractivity contribution is 5.44. The van der Waals surface area contributed by atoms with Crippen molar-refractivity contribution in [3.63, 3.8) is 0 Å². The molecule has 2 bridgehead atoms. The molecule has 0 aliphatic carbocycles. The Morgan fingerprint density at radius 2 is 2.22 bits per heavy atom. The van der Waals surface area contributed by atoms with E-state index in [1.807, 2.05) is 25.4 Å². The fourth-order valence-electron chi connectivity index (χ4n) is 4.25. The molecule has 1 fully saturated rings. The highest BCUT2D eigenvalue weighted by atomic mass is 15.3. The first kappa shape index (κ1) is 13.2. The summed E-state index contributed by atoms with van der Waals surface area (Å²) in [5.41, 5.74) is 6.02. The molecule has 2 aliphatic rings. The normalized spacial score (nSPS) is 23.3. The largest absolute Gasteiger partial charge is 0.289 e. The van der Waals surface area contributed by atoms with Crippen molar-refractivity contribution in [2.45, 2.75) is 44.8 Å².